The van der Waals surface area contributed by atoms with Gasteiger partial charge in [0.1, 0.15) is 0 Å². The second-order valence-electron chi connectivity index (χ2n) is 7.74. The fourth-order valence-corrected chi connectivity index (χ4v) is 3.97. The van der Waals surface area contributed by atoms with Crippen LogP contribution in [0.15, 0.2) is 4.99 Å². The highest BCUT2D eigenvalue weighted by Gasteiger charge is 2.42. The maximum Gasteiger partial charge on any atom is 0.230 e. The van der Waals surface area contributed by atoms with Crippen LogP contribution >= 0.6 is 24.0 Å². The molecule has 25 heavy (non-hydrogen) atoms. The number of halogens is 1. The second-order valence-corrected chi connectivity index (χ2v) is 7.74. The highest BCUT2D eigenvalue weighted by Crippen LogP contribution is 2.38. The molecular weight excluding hydrogens is 429 g/mol. The number of hydrogen-bond donors (Lipinski definition) is 2. The van der Waals surface area contributed by atoms with Crippen LogP contribution in [-0.4, -0.2) is 76.0 Å². The van der Waals surface area contributed by atoms with E-state index in [9.17, 15) is 4.79 Å². The van der Waals surface area contributed by atoms with Gasteiger partial charge in [0, 0.05) is 34.2 Å². The number of piperidine rings is 1. The van der Waals surface area contributed by atoms with E-state index in [0.29, 0.717) is 12.5 Å². The van der Waals surface area contributed by atoms with Gasteiger partial charge in [-0.15, -0.1) is 24.0 Å². The summed E-state index contributed by atoms with van der Waals surface area (Å²) in [6, 6.07) is 0. The van der Waals surface area contributed by atoms with Gasteiger partial charge in [0.15, 0.2) is 5.96 Å². The summed E-state index contributed by atoms with van der Waals surface area (Å²) in [5.74, 6) is 1.79. The zero-order valence-electron chi connectivity index (χ0n) is 16.3. The fourth-order valence-electron chi connectivity index (χ4n) is 3.97. The summed E-state index contributed by atoms with van der Waals surface area (Å²) in [6.45, 7) is 4.00. The van der Waals surface area contributed by atoms with Crippen molar-refractivity contribution in [3.05, 3.63) is 0 Å². The van der Waals surface area contributed by atoms with Gasteiger partial charge in [-0.3, -0.25) is 9.79 Å². The van der Waals surface area contributed by atoms with Crippen LogP contribution < -0.4 is 10.6 Å². The van der Waals surface area contributed by atoms with E-state index >= 15 is 0 Å². The van der Waals surface area contributed by atoms with E-state index in [1.165, 1.54) is 25.9 Å². The van der Waals surface area contributed by atoms with Crippen molar-refractivity contribution in [3.8, 4) is 0 Å². The normalized spacial score (nSPS) is 21.5. The molecule has 2 N–H and O–H groups in total. The summed E-state index contributed by atoms with van der Waals surface area (Å²) in [6.07, 6.45) is 6.71. The number of guanidine groups is 1. The van der Waals surface area contributed by atoms with Crippen LogP contribution in [-0.2, 0) is 4.79 Å². The Morgan fingerprint density at radius 1 is 1.20 bits per heavy atom. The third-order valence-corrected chi connectivity index (χ3v) is 5.63. The highest BCUT2D eigenvalue weighted by molar-refractivity contribution is 14.0. The molecular formula is C18H36IN5O. The number of amides is 1. The number of carbonyl (C=O) groups excluding carboxylic acids is 1. The molecule has 1 saturated carbocycles. The molecule has 2 fully saturated rings. The predicted molar refractivity (Wildman–Crippen MR) is 115 cm³/mol. The summed E-state index contributed by atoms with van der Waals surface area (Å²) in [5, 5.41) is 6.88. The van der Waals surface area contributed by atoms with Crippen molar-refractivity contribution >= 4 is 35.8 Å². The molecule has 146 valence electrons. The van der Waals surface area contributed by atoms with Crippen LogP contribution in [0.1, 0.15) is 38.5 Å². The van der Waals surface area contributed by atoms with Gasteiger partial charge in [0.05, 0.1) is 5.41 Å². The van der Waals surface area contributed by atoms with Crippen molar-refractivity contribution in [2.24, 2.45) is 16.3 Å². The first-order chi connectivity index (χ1) is 11.5. The number of rotatable bonds is 5. The van der Waals surface area contributed by atoms with Crippen molar-refractivity contribution in [3.63, 3.8) is 0 Å². The Morgan fingerprint density at radius 2 is 1.80 bits per heavy atom. The number of carbonyl (C=O) groups is 1. The summed E-state index contributed by atoms with van der Waals surface area (Å²) in [5.41, 5.74) is -0.255. The predicted octanol–water partition coefficient (Wildman–Crippen LogP) is 1.76. The third-order valence-electron chi connectivity index (χ3n) is 5.63. The Morgan fingerprint density at radius 3 is 2.32 bits per heavy atom. The van der Waals surface area contributed by atoms with Gasteiger partial charge < -0.3 is 20.4 Å². The van der Waals surface area contributed by atoms with E-state index in [-0.39, 0.29) is 35.3 Å². The minimum Gasteiger partial charge on any atom is -0.356 e. The molecule has 0 aromatic carbocycles. The Balaban J connectivity index is 0.00000312. The van der Waals surface area contributed by atoms with E-state index in [1.54, 1.807) is 11.9 Å². The molecule has 1 saturated heterocycles. The lowest BCUT2D eigenvalue weighted by atomic mass is 9.84. The van der Waals surface area contributed by atoms with Gasteiger partial charge in [0.2, 0.25) is 5.91 Å². The van der Waals surface area contributed by atoms with E-state index < -0.39 is 0 Å². The molecule has 2 aliphatic rings. The lowest BCUT2D eigenvalue weighted by Crippen LogP contribution is -2.50. The molecule has 1 amide bonds. The molecule has 0 bridgehead atoms. The molecule has 0 aromatic heterocycles. The lowest BCUT2D eigenvalue weighted by molar-refractivity contribution is -0.138. The average molecular weight is 465 g/mol. The van der Waals surface area contributed by atoms with Crippen LogP contribution in [0.4, 0.5) is 0 Å². The zero-order chi connectivity index (χ0) is 17.6. The number of nitrogens with one attached hydrogen (secondary N) is 2. The van der Waals surface area contributed by atoms with E-state index in [0.717, 1.165) is 38.2 Å². The molecule has 1 aliphatic carbocycles. The first kappa shape index (κ1) is 22.5. The molecule has 0 aromatic rings. The molecule has 1 aliphatic heterocycles. The van der Waals surface area contributed by atoms with Gasteiger partial charge in [0.25, 0.3) is 0 Å². The van der Waals surface area contributed by atoms with Gasteiger partial charge in [-0.25, -0.2) is 0 Å². The van der Waals surface area contributed by atoms with Crippen molar-refractivity contribution in [1.82, 2.24) is 20.4 Å². The van der Waals surface area contributed by atoms with Crippen LogP contribution in [0.5, 0.6) is 0 Å². The average Bonchev–Trinajstić information content (AvgIpc) is 3.06. The first-order valence-corrected chi connectivity index (χ1v) is 9.32. The minimum atomic E-state index is -0.255. The first-order valence-electron chi connectivity index (χ1n) is 9.32. The Kier molecular flexibility index (Phi) is 9.48. The smallest absolute Gasteiger partial charge is 0.230 e. The number of nitrogens with zero attached hydrogens (tertiary/aromatic N) is 3. The molecule has 0 spiro atoms. The number of aliphatic imine (C=N–C) groups is 1. The van der Waals surface area contributed by atoms with Crippen LogP contribution in [0, 0.1) is 11.3 Å². The molecule has 0 radical (unpaired) electrons. The van der Waals surface area contributed by atoms with Crippen LogP contribution in [0.3, 0.4) is 0 Å². The summed E-state index contributed by atoms with van der Waals surface area (Å²) in [7, 11) is 7.71. The Labute approximate surface area is 170 Å². The fraction of sp³-hybridized carbons (Fsp3) is 0.889. The van der Waals surface area contributed by atoms with Crippen molar-refractivity contribution in [2.45, 2.75) is 38.5 Å². The number of likely N-dealkylation sites (tertiary alicyclic amines) is 1. The molecule has 6 nitrogen and oxygen atoms in total. The maximum atomic E-state index is 12.6. The topological polar surface area (TPSA) is 60.0 Å². The van der Waals surface area contributed by atoms with Crippen LogP contribution in [0.25, 0.3) is 0 Å². The van der Waals surface area contributed by atoms with E-state index in [1.807, 2.05) is 14.1 Å². The molecule has 1 heterocycles. The highest BCUT2D eigenvalue weighted by atomic mass is 127. The Hall–Kier alpha value is -0.570. The zero-order valence-corrected chi connectivity index (χ0v) is 18.6. The van der Waals surface area contributed by atoms with E-state index in [2.05, 4.69) is 27.6 Å². The lowest BCUT2D eigenvalue weighted by Gasteiger charge is -2.32. The van der Waals surface area contributed by atoms with Gasteiger partial charge >= 0.3 is 0 Å². The maximum absolute atomic E-state index is 12.6. The molecule has 0 atom stereocenters. The second kappa shape index (κ2) is 10.5. The summed E-state index contributed by atoms with van der Waals surface area (Å²) >= 11 is 0. The van der Waals surface area contributed by atoms with Crippen molar-refractivity contribution in [2.75, 3.05) is 54.4 Å². The Bertz CT molecular complexity index is 441. The van der Waals surface area contributed by atoms with Crippen LogP contribution in [0.2, 0.25) is 0 Å². The minimum absolute atomic E-state index is 0. The largest absolute Gasteiger partial charge is 0.356 e. The molecule has 0 unspecified atom stereocenters. The molecule has 2 rings (SSSR count). The quantitative estimate of drug-likeness (QED) is 0.369. The van der Waals surface area contributed by atoms with Gasteiger partial charge in [-0.1, -0.05) is 12.8 Å². The third kappa shape index (κ3) is 6.27. The van der Waals surface area contributed by atoms with Gasteiger partial charge in [-0.05, 0) is 51.7 Å². The van der Waals surface area contributed by atoms with Crippen molar-refractivity contribution in [1.29, 1.82) is 0 Å². The summed E-state index contributed by atoms with van der Waals surface area (Å²) < 4.78 is 0. The van der Waals surface area contributed by atoms with E-state index in [4.69, 9.17) is 0 Å². The molecule has 7 heteroatoms. The van der Waals surface area contributed by atoms with Crippen molar-refractivity contribution < 1.29 is 4.79 Å². The summed E-state index contributed by atoms with van der Waals surface area (Å²) in [4.78, 5) is 21.1. The van der Waals surface area contributed by atoms with Gasteiger partial charge in [-0.2, -0.15) is 0 Å². The monoisotopic (exact) mass is 465 g/mol. The SMILES string of the molecule is CN=C(NCC1CCN(C)CC1)NCC1(C(=O)N(C)C)CCCC1.I. The number of hydrogen-bond acceptors (Lipinski definition) is 3. The standard InChI is InChI=1S/C18H35N5O.HI/c1-19-17(20-13-15-7-11-23(4)12-8-15)21-14-18(9-5-6-10-18)16(24)22(2)3;/h15H,5-14H2,1-4H3,(H2,19,20,21);1H.